The second-order valence-electron chi connectivity index (χ2n) is 5.37. The topological polar surface area (TPSA) is 55.7 Å². The van der Waals surface area contributed by atoms with Crippen LogP contribution in [0, 0.1) is 23.4 Å². The second-order valence-corrected chi connectivity index (χ2v) is 5.37. The van der Waals surface area contributed by atoms with Gasteiger partial charge in [0, 0.05) is 12.3 Å². The van der Waals surface area contributed by atoms with E-state index in [1.165, 1.54) is 6.92 Å². The van der Waals surface area contributed by atoms with E-state index in [2.05, 4.69) is 9.73 Å². The lowest BCUT2D eigenvalue weighted by Gasteiger charge is -2.13. The average Bonchev–Trinajstić information content (AvgIpc) is 3.35. The van der Waals surface area contributed by atoms with Crippen molar-refractivity contribution in [3.8, 4) is 0 Å². The molecule has 1 aliphatic rings. The van der Waals surface area contributed by atoms with Gasteiger partial charge in [-0.05, 0) is 25.8 Å². The molecule has 1 aromatic rings. The minimum Gasteiger partial charge on any atom is -0.465 e. The lowest BCUT2D eigenvalue weighted by atomic mass is 9.96. The van der Waals surface area contributed by atoms with Gasteiger partial charge in [-0.1, -0.05) is 0 Å². The zero-order chi connectivity index (χ0) is 18.7. The summed E-state index contributed by atoms with van der Waals surface area (Å²) in [5.41, 5.74) is -3.01. The highest BCUT2D eigenvalue weighted by Gasteiger charge is 2.34. The largest absolute Gasteiger partial charge is 0.465 e. The minimum absolute atomic E-state index is 0.0869. The van der Waals surface area contributed by atoms with E-state index in [1.807, 2.05) is 0 Å². The summed E-state index contributed by atoms with van der Waals surface area (Å²) in [5, 5.41) is 0. The van der Waals surface area contributed by atoms with Crippen molar-refractivity contribution < 1.29 is 36.3 Å². The summed E-state index contributed by atoms with van der Waals surface area (Å²) < 4.78 is 71.2. The van der Waals surface area contributed by atoms with Crippen molar-refractivity contribution in [2.75, 3.05) is 6.61 Å². The van der Waals surface area contributed by atoms with Gasteiger partial charge in [0.15, 0.2) is 23.3 Å². The molecule has 0 N–H and O–H groups in total. The van der Waals surface area contributed by atoms with Crippen molar-refractivity contribution in [1.29, 1.82) is 0 Å². The van der Waals surface area contributed by atoms with Crippen LogP contribution in [0.1, 0.15) is 42.1 Å². The molecule has 136 valence electrons. The van der Waals surface area contributed by atoms with Crippen molar-refractivity contribution in [2.45, 2.75) is 32.2 Å². The summed E-state index contributed by atoms with van der Waals surface area (Å²) >= 11 is 0. The zero-order valence-corrected chi connectivity index (χ0v) is 13.1. The molecule has 1 aliphatic carbocycles. The molecule has 0 radical (unpaired) electrons. The van der Waals surface area contributed by atoms with Crippen LogP contribution in [0.3, 0.4) is 0 Å². The summed E-state index contributed by atoms with van der Waals surface area (Å²) in [6, 6.07) is 0.0620. The number of Topliss-reactive ketones (excluding diaryl/α,β-unsaturated/α-hetero) is 1. The number of hydrogen-bond acceptors (Lipinski definition) is 4. The Morgan fingerprint density at radius 3 is 2.44 bits per heavy atom. The Kier molecular flexibility index (Phi) is 5.86. The van der Waals surface area contributed by atoms with E-state index >= 15 is 0 Å². The van der Waals surface area contributed by atoms with Gasteiger partial charge in [-0.25, -0.2) is 22.0 Å². The molecule has 4 nitrogen and oxygen atoms in total. The third-order valence-corrected chi connectivity index (χ3v) is 3.49. The van der Waals surface area contributed by atoms with Gasteiger partial charge < -0.3 is 4.74 Å². The Morgan fingerprint density at radius 2 is 1.92 bits per heavy atom. The lowest BCUT2D eigenvalue weighted by Crippen LogP contribution is -2.29. The van der Waals surface area contributed by atoms with Crippen LogP contribution in [-0.2, 0) is 9.53 Å². The van der Waals surface area contributed by atoms with E-state index < -0.39 is 52.7 Å². The van der Waals surface area contributed by atoms with Crippen LogP contribution in [0.5, 0.6) is 0 Å². The molecule has 0 aromatic heterocycles. The molecule has 1 atom stereocenters. The first-order valence-corrected chi connectivity index (χ1v) is 7.47. The van der Waals surface area contributed by atoms with Gasteiger partial charge in [0.25, 0.3) is 6.43 Å². The number of halogens is 5. The van der Waals surface area contributed by atoms with Crippen LogP contribution < -0.4 is 0 Å². The van der Waals surface area contributed by atoms with E-state index in [1.54, 1.807) is 0 Å². The molecule has 25 heavy (non-hydrogen) atoms. The molecule has 0 amide bonds. The molecule has 0 saturated heterocycles. The Morgan fingerprint density at radius 1 is 1.28 bits per heavy atom. The van der Waals surface area contributed by atoms with Crippen LogP contribution in [0.2, 0.25) is 0 Å². The number of nitrogens with zero attached hydrogens (tertiary/aromatic N) is 1. The van der Waals surface area contributed by atoms with Gasteiger partial charge in [-0.2, -0.15) is 0 Å². The maximum absolute atomic E-state index is 14.1. The van der Waals surface area contributed by atoms with Gasteiger partial charge in [-0.15, -0.1) is 0 Å². The van der Waals surface area contributed by atoms with E-state index in [4.69, 9.17) is 0 Å². The fourth-order valence-corrected chi connectivity index (χ4v) is 2.06. The number of rotatable bonds is 7. The first-order valence-electron chi connectivity index (χ1n) is 7.47. The smallest absolute Gasteiger partial charge is 0.322 e. The Balaban J connectivity index is 2.45. The Bertz CT molecular complexity index is 716. The summed E-state index contributed by atoms with van der Waals surface area (Å²) in [5.74, 6) is -9.95. The van der Waals surface area contributed by atoms with E-state index in [0.717, 1.165) is 19.1 Å². The average molecular weight is 363 g/mol. The number of ketones is 1. The van der Waals surface area contributed by atoms with Gasteiger partial charge in [0.1, 0.15) is 5.82 Å². The SMILES string of the molecule is CCOC(=O)C(C=NC1CC1)C(=O)c1cc(F)c(F)c(C(F)F)c1F. The number of benzene rings is 1. The molecule has 1 unspecified atom stereocenters. The molecule has 9 heteroatoms. The van der Waals surface area contributed by atoms with Crippen molar-refractivity contribution in [1.82, 2.24) is 0 Å². The number of aliphatic imine (C=N–C) groups is 1. The fourth-order valence-electron chi connectivity index (χ4n) is 2.06. The summed E-state index contributed by atoms with van der Waals surface area (Å²) in [6.45, 7) is 1.37. The first kappa shape index (κ1) is 19.0. The van der Waals surface area contributed by atoms with Crippen molar-refractivity contribution >= 4 is 18.0 Å². The van der Waals surface area contributed by atoms with Crippen LogP contribution in [0.4, 0.5) is 22.0 Å². The van der Waals surface area contributed by atoms with Crippen LogP contribution >= 0.6 is 0 Å². The van der Waals surface area contributed by atoms with Crippen molar-refractivity contribution in [3.05, 3.63) is 34.6 Å². The number of esters is 1. The molecule has 0 spiro atoms. The maximum atomic E-state index is 14.1. The van der Waals surface area contributed by atoms with E-state index in [-0.39, 0.29) is 18.7 Å². The third kappa shape index (κ3) is 4.21. The molecule has 0 aliphatic heterocycles. The second kappa shape index (κ2) is 7.71. The molecule has 0 bridgehead atoms. The monoisotopic (exact) mass is 363 g/mol. The Labute approximate surface area is 139 Å². The fraction of sp³-hybridized carbons (Fsp3) is 0.438. The van der Waals surface area contributed by atoms with Crippen LogP contribution in [0.25, 0.3) is 0 Å². The number of hydrogen-bond donors (Lipinski definition) is 0. The molecule has 1 aromatic carbocycles. The highest BCUT2D eigenvalue weighted by atomic mass is 19.3. The van der Waals surface area contributed by atoms with Gasteiger partial charge in [0.2, 0.25) is 0 Å². The molecular weight excluding hydrogens is 349 g/mol. The predicted molar refractivity (Wildman–Crippen MR) is 77.2 cm³/mol. The van der Waals surface area contributed by atoms with Gasteiger partial charge in [0.05, 0.1) is 17.7 Å². The lowest BCUT2D eigenvalue weighted by molar-refractivity contribution is -0.143. The summed E-state index contributed by atoms with van der Waals surface area (Å²) in [4.78, 5) is 28.2. The summed E-state index contributed by atoms with van der Waals surface area (Å²) in [7, 11) is 0. The minimum atomic E-state index is -3.68. The maximum Gasteiger partial charge on any atom is 0.322 e. The number of carbonyl (C=O) groups is 2. The highest BCUT2D eigenvalue weighted by Crippen LogP contribution is 2.30. The van der Waals surface area contributed by atoms with E-state index in [0.29, 0.717) is 0 Å². The first-order chi connectivity index (χ1) is 11.8. The molecule has 1 fully saturated rings. The number of alkyl halides is 2. The van der Waals surface area contributed by atoms with Gasteiger partial charge in [-0.3, -0.25) is 14.6 Å². The normalized spacial score (nSPS) is 15.6. The predicted octanol–water partition coefficient (Wildman–Crippen LogP) is 3.64. The third-order valence-electron chi connectivity index (χ3n) is 3.49. The molecule has 2 rings (SSSR count). The number of ether oxygens (including phenoxy) is 1. The van der Waals surface area contributed by atoms with E-state index in [9.17, 15) is 31.5 Å². The standard InChI is InChI=1S/C16H14F5NO3/c1-2-25-16(24)9(6-22-7-3-4-7)14(23)8-5-10(17)13(19)11(12(8)18)15(20)21/h5-7,9,15H,2-4H2,1H3. The summed E-state index contributed by atoms with van der Waals surface area (Å²) in [6.07, 6.45) is -1.26. The number of carbonyl (C=O) groups excluding carboxylic acids is 2. The van der Waals surface area contributed by atoms with Crippen LogP contribution in [0.15, 0.2) is 11.1 Å². The molecular formula is C16H14F5NO3. The van der Waals surface area contributed by atoms with Crippen LogP contribution in [-0.4, -0.2) is 30.6 Å². The highest BCUT2D eigenvalue weighted by molar-refractivity contribution is 6.18. The Hall–Kier alpha value is -2.32. The quantitative estimate of drug-likeness (QED) is 0.186. The molecule has 0 heterocycles. The van der Waals surface area contributed by atoms with Gasteiger partial charge >= 0.3 is 5.97 Å². The van der Waals surface area contributed by atoms with Crippen molar-refractivity contribution in [2.24, 2.45) is 10.9 Å². The zero-order valence-electron chi connectivity index (χ0n) is 13.1. The molecule has 1 saturated carbocycles. The van der Waals surface area contributed by atoms with Crippen molar-refractivity contribution in [3.63, 3.8) is 0 Å².